The topological polar surface area (TPSA) is 113 Å². The standard InChI is InChI=1S/C27H27NO6/c1-17(26(30)31)14-22(15-18-8-10-20(11-9-18)19-6-4-3-5-7-19)28-25(29)23-16-21(27(32)33)12-13-24(23)34-2/h3-13,16-17,22H,14-15H2,1-2H3,(H,28,29)(H,30,31)(H,32,33)/t17-,22+/m1/s1. The van der Waals surface area contributed by atoms with Crippen LogP contribution in [0.1, 0.15) is 39.6 Å². The summed E-state index contributed by atoms with van der Waals surface area (Å²) >= 11 is 0. The minimum absolute atomic E-state index is 0.0436. The second-order valence-electron chi connectivity index (χ2n) is 8.13. The van der Waals surface area contributed by atoms with Gasteiger partial charge in [0.05, 0.1) is 24.2 Å². The van der Waals surface area contributed by atoms with E-state index in [1.807, 2.05) is 54.6 Å². The van der Waals surface area contributed by atoms with Crippen LogP contribution in [-0.2, 0) is 11.2 Å². The lowest BCUT2D eigenvalue weighted by Crippen LogP contribution is -2.38. The molecule has 0 fully saturated rings. The second kappa shape index (κ2) is 11.1. The van der Waals surface area contributed by atoms with E-state index in [9.17, 15) is 24.6 Å². The summed E-state index contributed by atoms with van der Waals surface area (Å²) in [6, 6.07) is 21.4. The third-order valence-corrected chi connectivity index (χ3v) is 5.63. The van der Waals surface area contributed by atoms with Gasteiger partial charge in [0.2, 0.25) is 0 Å². The van der Waals surface area contributed by atoms with E-state index < -0.39 is 29.8 Å². The van der Waals surface area contributed by atoms with Gasteiger partial charge in [0.1, 0.15) is 5.75 Å². The zero-order chi connectivity index (χ0) is 24.7. The van der Waals surface area contributed by atoms with Crippen LogP contribution in [0.5, 0.6) is 5.75 Å². The highest BCUT2D eigenvalue weighted by Crippen LogP contribution is 2.23. The first kappa shape index (κ1) is 24.5. The number of aliphatic carboxylic acids is 1. The van der Waals surface area contributed by atoms with E-state index >= 15 is 0 Å². The Kier molecular flexibility index (Phi) is 8.03. The zero-order valence-corrected chi connectivity index (χ0v) is 19.0. The first-order chi connectivity index (χ1) is 16.3. The van der Waals surface area contributed by atoms with Crippen LogP contribution in [0.3, 0.4) is 0 Å². The number of hydrogen-bond donors (Lipinski definition) is 3. The van der Waals surface area contributed by atoms with Gasteiger partial charge in [-0.25, -0.2) is 4.79 Å². The number of carboxylic acid groups (broad SMARTS) is 2. The number of hydrogen-bond acceptors (Lipinski definition) is 4. The van der Waals surface area contributed by atoms with E-state index in [4.69, 9.17) is 4.74 Å². The van der Waals surface area contributed by atoms with Gasteiger partial charge in [-0.1, -0.05) is 61.5 Å². The van der Waals surface area contributed by atoms with Crippen molar-refractivity contribution in [1.29, 1.82) is 0 Å². The smallest absolute Gasteiger partial charge is 0.335 e. The molecule has 3 aromatic carbocycles. The molecule has 3 N–H and O–H groups in total. The molecule has 0 spiro atoms. The number of carboxylic acids is 2. The van der Waals surface area contributed by atoms with E-state index in [1.54, 1.807) is 6.92 Å². The summed E-state index contributed by atoms with van der Waals surface area (Å²) < 4.78 is 5.23. The molecule has 176 valence electrons. The van der Waals surface area contributed by atoms with Gasteiger partial charge in [-0.05, 0) is 47.7 Å². The Morgan fingerprint density at radius 2 is 1.56 bits per heavy atom. The molecule has 34 heavy (non-hydrogen) atoms. The van der Waals surface area contributed by atoms with Gasteiger partial charge in [0.15, 0.2) is 0 Å². The molecule has 0 aliphatic rings. The van der Waals surface area contributed by atoms with Gasteiger partial charge in [-0.3, -0.25) is 9.59 Å². The van der Waals surface area contributed by atoms with Crippen LogP contribution in [0, 0.1) is 5.92 Å². The molecule has 7 nitrogen and oxygen atoms in total. The highest BCUT2D eigenvalue weighted by molar-refractivity contribution is 6.00. The fourth-order valence-electron chi connectivity index (χ4n) is 3.75. The molecule has 0 aliphatic heterocycles. The normalized spacial score (nSPS) is 12.4. The number of methoxy groups -OCH3 is 1. The fraction of sp³-hybridized carbons (Fsp3) is 0.222. The molecule has 0 heterocycles. The van der Waals surface area contributed by atoms with Crippen molar-refractivity contribution >= 4 is 17.8 Å². The molecule has 0 radical (unpaired) electrons. The monoisotopic (exact) mass is 461 g/mol. The SMILES string of the molecule is COc1ccc(C(=O)O)cc1C(=O)N[C@H](Cc1ccc(-c2ccccc2)cc1)C[C@@H](C)C(=O)O. The van der Waals surface area contributed by atoms with Gasteiger partial charge in [-0.2, -0.15) is 0 Å². The summed E-state index contributed by atoms with van der Waals surface area (Å²) in [5.74, 6) is -3.08. The summed E-state index contributed by atoms with van der Waals surface area (Å²) in [7, 11) is 1.39. The number of amides is 1. The van der Waals surface area contributed by atoms with Crippen LogP contribution in [0.25, 0.3) is 11.1 Å². The number of rotatable bonds is 10. The number of aromatic carboxylic acids is 1. The Morgan fingerprint density at radius 3 is 2.15 bits per heavy atom. The molecule has 0 unspecified atom stereocenters. The molecule has 0 saturated heterocycles. The lowest BCUT2D eigenvalue weighted by molar-refractivity contribution is -0.141. The fourth-order valence-corrected chi connectivity index (χ4v) is 3.75. The molecule has 7 heteroatoms. The number of nitrogens with one attached hydrogen (secondary N) is 1. The zero-order valence-electron chi connectivity index (χ0n) is 19.0. The van der Waals surface area contributed by atoms with Gasteiger partial charge in [-0.15, -0.1) is 0 Å². The van der Waals surface area contributed by atoms with Crippen molar-refractivity contribution in [1.82, 2.24) is 5.32 Å². The number of carbonyl (C=O) groups excluding carboxylic acids is 1. The first-order valence-electron chi connectivity index (χ1n) is 10.9. The molecule has 0 saturated carbocycles. The van der Waals surface area contributed by atoms with Crippen LogP contribution < -0.4 is 10.1 Å². The molecule has 2 atom stereocenters. The molecular formula is C27H27NO6. The number of ether oxygens (including phenoxy) is 1. The molecule has 3 aromatic rings. The van der Waals surface area contributed by atoms with E-state index in [2.05, 4.69) is 5.32 Å². The Bertz CT molecular complexity index is 1160. The molecule has 0 aliphatic carbocycles. The predicted molar refractivity (Wildman–Crippen MR) is 128 cm³/mol. The third-order valence-electron chi connectivity index (χ3n) is 5.63. The van der Waals surface area contributed by atoms with Crippen molar-refractivity contribution in [3.8, 4) is 16.9 Å². The van der Waals surface area contributed by atoms with E-state index in [0.717, 1.165) is 16.7 Å². The maximum Gasteiger partial charge on any atom is 0.335 e. The van der Waals surface area contributed by atoms with Gasteiger partial charge < -0.3 is 20.3 Å². The quantitative estimate of drug-likeness (QED) is 0.409. The third kappa shape index (κ3) is 6.22. The Labute approximate surface area is 198 Å². The van der Waals surface area contributed by atoms with Crippen LogP contribution in [0.2, 0.25) is 0 Å². The van der Waals surface area contributed by atoms with Gasteiger partial charge in [0, 0.05) is 6.04 Å². The predicted octanol–water partition coefficient (Wildman–Crippen LogP) is 4.51. The highest BCUT2D eigenvalue weighted by atomic mass is 16.5. The van der Waals surface area contributed by atoms with Crippen molar-refractivity contribution in [2.75, 3.05) is 7.11 Å². The van der Waals surface area contributed by atoms with Crippen LogP contribution in [0.4, 0.5) is 0 Å². The minimum Gasteiger partial charge on any atom is -0.496 e. The van der Waals surface area contributed by atoms with Crippen LogP contribution in [-0.4, -0.2) is 41.2 Å². The summed E-state index contributed by atoms with van der Waals surface area (Å²) in [5.41, 5.74) is 3.12. The van der Waals surface area contributed by atoms with Crippen LogP contribution >= 0.6 is 0 Å². The molecule has 0 aromatic heterocycles. The minimum atomic E-state index is -1.16. The van der Waals surface area contributed by atoms with Crippen LogP contribution in [0.15, 0.2) is 72.8 Å². The Balaban J connectivity index is 1.82. The first-order valence-corrected chi connectivity index (χ1v) is 10.9. The molecule has 1 amide bonds. The highest BCUT2D eigenvalue weighted by Gasteiger charge is 2.23. The summed E-state index contributed by atoms with van der Waals surface area (Å²) in [6.45, 7) is 1.59. The van der Waals surface area contributed by atoms with Crippen molar-refractivity contribution in [3.05, 3.63) is 89.5 Å². The number of benzene rings is 3. The van der Waals surface area contributed by atoms with Gasteiger partial charge >= 0.3 is 11.9 Å². The molecule has 0 bridgehead atoms. The lowest BCUT2D eigenvalue weighted by Gasteiger charge is -2.22. The average molecular weight is 462 g/mol. The summed E-state index contributed by atoms with van der Waals surface area (Å²) in [4.78, 5) is 35.9. The average Bonchev–Trinajstić information content (AvgIpc) is 2.84. The van der Waals surface area contributed by atoms with Crippen molar-refractivity contribution < 1.29 is 29.3 Å². The van der Waals surface area contributed by atoms with E-state index in [0.29, 0.717) is 6.42 Å². The number of carbonyl (C=O) groups is 3. The van der Waals surface area contributed by atoms with Crippen molar-refractivity contribution in [2.24, 2.45) is 5.92 Å². The summed E-state index contributed by atoms with van der Waals surface area (Å²) in [5, 5.41) is 21.6. The maximum absolute atomic E-state index is 13.1. The Morgan fingerprint density at radius 1 is 0.912 bits per heavy atom. The molecule has 3 rings (SSSR count). The summed E-state index contributed by atoms with van der Waals surface area (Å²) in [6.07, 6.45) is 0.627. The largest absolute Gasteiger partial charge is 0.496 e. The van der Waals surface area contributed by atoms with E-state index in [1.165, 1.54) is 25.3 Å². The lowest BCUT2D eigenvalue weighted by atomic mass is 9.94. The Hall–Kier alpha value is -4.13. The maximum atomic E-state index is 13.1. The van der Waals surface area contributed by atoms with E-state index in [-0.39, 0.29) is 23.3 Å². The second-order valence-corrected chi connectivity index (χ2v) is 8.13. The van der Waals surface area contributed by atoms with Crippen molar-refractivity contribution in [3.63, 3.8) is 0 Å². The van der Waals surface area contributed by atoms with Crippen molar-refractivity contribution in [2.45, 2.75) is 25.8 Å². The molecular weight excluding hydrogens is 434 g/mol. The van der Waals surface area contributed by atoms with Gasteiger partial charge in [0.25, 0.3) is 5.91 Å².